The molecule has 0 saturated carbocycles. The number of amides is 3. The van der Waals surface area contributed by atoms with E-state index in [1.807, 2.05) is 54.8 Å². The minimum Gasteiger partial charge on any atom is -0.466 e. The molecule has 3 aromatic rings. The number of halogens is 1. The molecular weight excluding hydrogens is 458 g/mol. The van der Waals surface area contributed by atoms with Crippen molar-refractivity contribution in [3.8, 4) is 5.75 Å². The van der Waals surface area contributed by atoms with Crippen molar-refractivity contribution in [1.82, 2.24) is 5.32 Å². The van der Waals surface area contributed by atoms with E-state index in [-0.39, 0.29) is 11.9 Å². The minimum absolute atomic E-state index is 0.259. The van der Waals surface area contributed by atoms with Crippen LogP contribution in [0.4, 0.5) is 16.2 Å². The van der Waals surface area contributed by atoms with Crippen molar-refractivity contribution in [2.75, 3.05) is 16.5 Å². The van der Waals surface area contributed by atoms with Gasteiger partial charge in [0.25, 0.3) is 0 Å². The third-order valence-electron chi connectivity index (χ3n) is 6.11. The lowest BCUT2D eigenvalue weighted by atomic mass is 9.78. The summed E-state index contributed by atoms with van der Waals surface area (Å²) in [6, 6.07) is 21.2. The highest BCUT2D eigenvalue weighted by atomic mass is 35.5. The Labute approximate surface area is 201 Å². The largest absolute Gasteiger partial charge is 0.466 e. The summed E-state index contributed by atoms with van der Waals surface area (Å²) in [7, 11) is 0. The third kappa shape index (κ3) is 3.71. The highest BCUT2D eigenvalue weighted by molar-refractivity contribution is 7.98. The van der Waals surface area contributed by atoms with Crippen LogP contribution in [0.5, 0.6) is 5.75 Å². The average molecular weight is 480 g/mol. The SMILES string of the molecule is CSc1cccc(N2C(=O)NC3c4ccccc4OC2(C)C3C(=O)Nc2ccc(Cl)cc2)c1. The lowest BCUT2D eigenvalue weighted by Gasteiger charge is -2.54. The molecule has 8 heteroatoms. The first kappa shape index (κ1) is 21.7. The van der Waals surface area contributed by atoms with Crippen LogP contribution in [0.15, 0.2) is 77.7 Å². The van der Waals surface area contributed by atoms with E-state index < -0.39 is 17.7 Å². The normalized spacial score (nSPS) is 23.2. The number of nitrogens with zero attached hydrogens (tertiary/aromatic N) is 1. The first-order valence-corrected chi connectivity index (χ1v) is 12.1. The molecule has 3 amide bonds. The van der Waals surface area contributed by atoms with Gasteiger partial charge >= 0.3 is 6.03 Å². The Morgan fingerprint density at radius 2 is 1.88 bits per heavy atom. The molecule has 0 aliphatic carbocycles. The van der Waals surface area contributed by atoms with Gasteiger partial charge in [-0.15, -0.1) is 11.8 Å². The summed E-state index contributed by atoms with van der Waals surface area (Å²) >= 11 is 7.57. The fraction of sp³-hybridized carbons (Fsp3) is 0.200. The van der Waals surface area contributed by atoms with Crippen LogP contribution in [-0.4, -0.2) is 23.9 Å². The summed E-state index contributed by atoms with van der Waals surface area (Å²) in [5, 5.41) is 6.61. The molecule has 3 unspecified atom stereocenters. The lowest BCUT2D eigenvalue weighted by Crippen LogP contribution is -2.72. The molecule has 3 aromatic carbocycles. The number of anilines is 2. The summed E-state index contributed by atoms with van der Waals surface area (Å²) < 4.78 is 6.47. The van der Waals surface area contributed by atoms with Crippen LogP contribution in [0.3, 0.4) is 0 Å². The van der Waals surface area contributed by atoms with Crippen LogP contribution in [-0.2, 0) is 4.79 Å². The van der Waals surface area contributed by atoms with Crippen LogP contribution < -0.4 is 20.3 Å². The predicted octanol–water partition coefficient (Wildman–Crippen LogP) is 5.70. The zero-order valence-electron chi connectivity index (χ0n) is 18.0. The second-order valence-corrected chi connectivity index (χ2v) is 9.45. The third-order valence-corrected chi connectivity index (χ3v) is 7.09. The van der Waals surface area contributed by atoms with Gasteiger partial charge in [0.05, 0.1) is 11.7 Å². The van der Waals surface area contributed by atoms with E-state index in [9.17, 15) is 9.59 Å². The second kappa shape index (κ2) is 8.32. The predicted molar refractivity (Wildman–Crippen MR) is 131 cm³/mol. The maximum atomic E-state index is 13.7. The molecule has 0 spiro atoms. The Balaban J connectivity index is 1.61. The fourth-order valence-corrected chi connectivity index (χ4v) is 5.20. The van der Waals surface area contributed by atoms with Gasteiger partial charge in [-0.3, -0.25) is 9.69 Å². The smallest absolute Gasteiger partial charge is 0.325 e. The molecule has 6 nitrogen and oxygen atoms in total. The quantitative estimate of drug-likeness (QED) is 0.471. The van der Waals surface area contributed by atoms with Crippen molar-refractivity contribution in [2.24, 2.45) is 5.92 Å². The summed E-state index contributed by atoms with van der Waals surface area (Å²) in [5.74, 6) is -0.337. The molecule has 2 bridgehead atoms. The van der Waals surface area contributed by atoms with E-state index in [1.54, 1.807) is 47.9 Å². The Morgan fingerprint density at radius 3 is 2.64 bits per heavy atom. The Kier molecular flexibility index (Phi) is 5.46. The Bertz CT molecular complexity index is 1240. The maximum absolute atomic E-state index is 13.7. The van der Waals surface area contributed by atoms with Gasteiger partial charge in [0, 0.05) is 21.2 Å². The van der Waals surface area contributed by atoms with Gasteiger partial charge in [-0.05, 0) is 61.7 Å². The molecule has 5 rings (SSSR count). The molecule has 3 atom stereocenters. The van der Waals surface area contributed by atoms with Crippen LogP contribution in [0.2, 0.25) is 5.02 Å². The van der Waals surface area contributed by atoms with E-state index >= 15 is 0 Å². The Morgan fingerprint density at radius 1 is 1.12 bits per heavy atom. The number of carbonyl (C=O) groups excluding carboxylic acids is 2. The van der Waals surface area contributed by atoms with Crippen LogP contribution in [0.1, 0.15) is 18.5 Å². The summed E-state index contributed by atoms with van der Waals surface area (Å²) in [6.45, 7) is 1.80. The first-order valence-electron chi connectivity index (χ1n) is 10.5. The molecule has 2 heterocycles. The van der Waals surface area contributed by atoms with Crippen molar-refractivity contribution < 1.29 is 14.3 Å². The molecule has 2 aliphatic heterocycles. The standard InChI is InChI=1S/C25H22ClN3O3S/c1-25-21(23(30)27-16-12-10-15(26)11-13-16)22(19-8-3-4-9-20(19)32-25)28-24(31)29(25)17-6-5-7-18(14-17)33-2/h3-14,21-22H,1-2H3,(H,27,30)(H,28,31). The number of hydrogen-bond acceptors (Lipinski definition) is 4. The fourth-order valence-electron chi connectivity index (χ4n) is 4.62. The van der Waals surface area contributed by atoms with Crippen molar-refractivity contribution in [3.63, 3.8) is 0 Å². The number of hydrogen-bond donors (Lipinski definition) is 2. The number of benzene rings is 3. The van der Waals surface area contributed by atoms with E-state index in [2.05, 4.69) is 10.6 Å². The molecule has 168 valence electrons. The van der Waals surface area contributed by atoms with Crippen molar-refractivity contribution in [2.45, 2.75) is 23.6 Å². The van der Waals surface area contributed by atoms with Crippen LogP contribution >= 0.6 is 23.4 Å². The van der Waals surface area contributed by atoms with Crippen molar-refractivity contribution in [1.29, 1.82) is 0 Å². The molecule has 1 fully saturated rings. The number of rotatable bonds is 4. The molecule has 33 heavy (non-hydrogen) atoms. The van der Waals surface area contributed by atoms with Gasteiger partial charge in [-0.1, -0.05) is 35.9 Å². The zero-order chi connectivity index (χ0) is 23.2. The number of urea groups is 1. The van der Waals surface area contributed by atoms with E-state index in [4.69, 9.17) is 16.3 Å². The van der Waals surface area contributed by atoms with Gasteiger partial charge in [0.15, 0.2) is 0 Å². The molecule has 2 aliphatic rings. The topological polar surface area (TPSA) is 70.7 Å². The molecule has 2 N–H and O–H groups in total. The number of para-hydroxylation sites is 1. The number of carbonyl (C=O) groups is 2. The summed E-state index contributed by atoms with van der Waals surface area (Å²) in [5.41, 5.74) is 0.794. The van der Waals surface area contributed by atoms with Gasteiger partial charge < -0.3 is 15.4 Å². The average Bonchev–Trinajstić information content (AvgIpc) is 2.80. The van der Waals surface area contributed by atoms with Crippen molar-refractivity contribution >= 4 is 46.7 Å². The first-order chi connectivity index (χ1) is 15.9. The Hall–Kier alpha value is -3.16. The van der Waals surface area contributed by atoms with Gasteiger partial charge in [0.1, 0.15) is 11.7 Å². The molecule has 1 saturated heterocycles. The van der Waals surface area contributed by atoms with Gasteiger partial charge in [-0.25, -0.2) is 4.79 Å². The number of thioether (sulfide) groups is 1. The number of fused-ring (bicyclic) bond motifs is 4. The molecule has 0 aromatic heterocycles. The zero-order valence-corrected chi connectivity index (χ0v) is 19.6. The van der Waals surface area contributed by atoms with Gasteiger partial charge in [0.2, 0.25) is 11.6 Å². The van der Waals surface area contributed by atoms with Crippen LogP contribution in [0, 0.1) is 5.92 Å². The van der Waals surface area contributed by atoms with Gasteiger partial charge in [-0.2, -0.15) is 0 Å². The second-order valence-electron chi connectivity index (χ2n) is 8.13. The van der Waals surface area contributed by atoms with Crippen molar-refractivity contribution in [3.05, 3.63) is 83.4 Å². The van der Waals surface area contributed by atoms with E-state index in [1.165, 1.54) is 0 Å². The summed E-state index contributed by atoms with van der Waals surface area (Å²) in [6.07, 6.45) is 1.98. The van der Waals surface area contributed by atoms with E-state index in [0.29, 0.717) is 22.1 Å². The number of nitrogens with one attached hydrogen (secondary N) is 2. The number of ether oxygens (including phenoxy) is 1. The summed E-state index contributed by atoms with van der Waals surface area (Å²) in [4.78, 5) is 29.6. The lowest BCUT2D eigenvalue weighted by molar-refractivity contribution is -0.131. The van der Waals surface area contributed by atoms with Crippen LogP contribution in [0.25, 0.3) is 0 Å². The molecule has 0 radical (unpaired) electrons. The highest BCUT2D eigenvalue weighted by Gasteiger charge is 2.60. The minimum atomic E-state index is -1.26. The monoisotopic (exact) mass is 479 g/mol. The molecular formula is C25H22ClN3O3S. The van der Waals surface area contributed by atoms with E-state index in [0.717, 1.165) is 10.5 Å². The highest BCUT2D eigenvalue weighted by Crippen LogP contribution is 2.49. The maximum Gasteiger partial charge on any atom is 0.325 e.